The molecule has 0 unspecified atom stereocenters. The number of ether oxygens (including phenoxy) is 2. The van der Waals surface area contributed by atoms with E-state index in [-0.39, 0.29) is 6.03 Å². The molecule has 144 valence electrons. The topological polar surface area (TPSA) is 54.0 Å². The van der Waals surface area contributed by atoms with Gasteiger partial charge in [-0.3, -0.25) is 0 Å². The van der Waals surface area contributed by atoms with Crippen molar-refractivity contribution < 1.29 is 14.3 Å². The first kappa shape index (κ1) is 18.9. The summed E-state index contributed by atoms with van der Waals surface area (Å²) in [5, 5.41) is 2.96. The fraction of sp³-hybridized carbons (Fsp3) is 0.381. The number of piperazine rings is 1. The molecule has 0 aromatic heterocycles. The molecule has 2 aromatic carbocycles. The summed E-state index contributed by atoms with van der Waals surface area (Å²) < 4.78 is 10.9. The number of carbonyl (C=O) groups is 1. The minimum Gasteiger partial charge on any atom is -0.493 e. The van der Waals surface area contributed by atoms with Gasteiger partial charge in [0, 0.05) is 43.6 Å². The van der Waals surface area contributed by atoms with Gasteiger partial charge in [0.2, 0.25) is 0 Å². The van der Waals surface area contributed by atoms with Crippen LogP contribution in [0.3, 0.4) is 0 Å². The number of urea groups is 1. The zero-order chi connectivity index (χ0) is 19.2. The number of hydrogen-bond donors (Lipinski definition) is 1. The van der Waals surface area contributed by atoms with Gasteiger partial charge in [-0.2, -0.15) is 0 Å². The Balaban J connectivity index is 1.59. The van der Waals surface area contributed by atoms with Crippen LogP contribution in [0.2, 0.25) is 0 Å². The lowest BCUT2D eigenvalue weighted by Gasteiger charge is -2.36. The largest absolute Gasteiger partial charge is 0.493 e. The van der Waals surface area contributed by atoms with Gasteiger partial charge in [0.1, 0.15) is 0 Å². The van der Waals surface area contributed by atoms with Gasteiger partial charge in [-0.15, -0.1) is 0 Å². The van der Waals surface area contributed by atoms with Crippen molar-refractivity contribution in [2.45, 2.75) is 13.8 Å². The zero-order valence-electron chi connectivity index (χ0n) is 16.2. The Hall–Kier alpha value is -2.89. The molecule has 0 saturated carbocycles. The van der Waals surface area contributed by atoms with Gasteiger partial charge in [-0.05, 0) is 43.7 Å². The molecule has 0 radical (unpaired) electrons. The van der Waals surface area contributed by atoms with E-state index in [2.05, 4.69) is 41.4 Å². The third-order valence-corrected chi connectivity index (χ3v) is 4.65. The molecule has 1 heterocycles. The van der Waals surface area contributed by atoms with E-state index in [0.717, 1.165) is 13.1 Å². The maximum absolute atomic E-state index is 12.6. The lowest BCUT2D eigenvalue weighted by Crippen LogP contribution is -2.50. The fourth-order valence-electron chi connectivity index (χ4n) is 3.22. The molecule has 1 saturated heterocycles. The van der Waals surface area contributed by atoms with Crippen molar-refractivity contribution in [1.82, 2.24) is 4.90 Å². The van der Waals surface area contributed by atoms with Gasteiger partial charge < -0.3 is 24.6 Å². The molecule has 1 aliphatic heterocycles. The molecule has 1 aliphatic rings. The summed E-state index contributed by atoms with van der Waals surface area (Å²) in [6, 6.07) is 13.8. The molecule has 2 amide bonds. The van der Waals surface area contributed by atoms with Crippen LogP contribution in [-0.4, -0.2) is 50.8 Å². The van der Waals surface area contributed by atoms with E-state index in [4.69, 9.17) is 9.47 Å². The summed E-state index contributed by atoms with van der Waals surface area (Å²) >= 11 is 0. The zero-order valence-corrected chi connectivity index (χ0v) is 16.2. The molecule has 0 bridgehead atoms. The van der Waals surface area contributed by atoms with Gasteiger partial charge in [0.15, 0.2) is 11.5 Å². The lowest BCUT2D eigenvalue weighted by molar-refractivity contribution is 0.208. The van der Waals surface area contributed by atoms with Crippen LogP contribution in [0.5, 0.6) is 11.5 Å². The quantitative estimate of drug-likeness (QED) is 0.872. The first-order valence-corrected chi connectivity index (χ1v) is 9.29. The summed E-state index contributed by atoms with van der Waals surface area (Å²) in [6.45, 7) is 7.57. The predicted octanol–water partition coefficient (Wildman–Crippen LogP) is 3.76. The van der Waals surface area contributed by atoms with Crippen LogP contribution in [0.25, 0.3) is 0 Å². The second-order valence-corrected chi connectivity index (χ2v) is 6.54. The first-order chi connectivity index (χ1) is 13.1. The number of carbonyl (C=O) groups excluding carboxylic acids is 1. The van der Waals surface area contributed by atoms with Crippen LogP contribution in [0.1, 0.15) is 12.5 Å². The standard InChI is InChI=1S/C21H27N3O3/c1-4-27-20-15-17(8-9-19(20)26-3)22-21(25)24-12-10-23(11-13-24)18-7-5-6-16(2)14-18/h5-9,14-15H,4,10-13H2,1-3H3,(H,22,25). The fourth-order valence-corrected chi connectivity index (χ4v) is 3.22. The number of benzene rings is 2. The van der Waals surface area contributed by atoms with E-state index in [0.29, 0.717) is 36.9 Å². The molecule has 6 heteroatoms. The summed E-state index contributed by atoms with van der Waals surface area (Å²) in [6.07, 6.45) is 0. The van der Waals surface area contributed by atoms with Crippen molar-refractivity contribution in [2.75, 3.05) is 50.1 Å². The van der Waals surface area contributed by atoms with Gasteiger partial charge in [0.05, 0.1) is 13.7 Å². The molecule has 2 aromatic rings. The van der Waals surface area contributed by atoms with Crippen molar-refractivity contribution in [3.8, 4) is 11.5 Å². The highest BCUT2D eigenvalue weighted by Crippen LogP contribution is 2.30. The molecule has 0 atom stereocenters. The highest BCUT2D eigenvalue weighted by Gasteiger charge is 2.21. The molecule has 0 spiro atoms. The number of aryl methyl sites for hydroxylation is 1. The molecule has 1 N–H and O–H groups in total. The van der Waals surface area contributed by atoms with Crippen LogP contribution < -0.4 is 19.7 Å². The Morgan fingerprint density at radius 1 is 1.07 bits per heavy atom. The van der Waals surface area contributed by atoms with Crippen LogP contribution in [0.4, 0.5) is 16.2 Å². The Bertz CT molecular complexity index is 786. The number of methoxy groups -OCH3 is 1. The van der Waals surface area contributed by atoms with E-state index in [1.807, 2.05) is 17.9 Å². The van der Waals surface area contributed by atoms with Crippen molar-refractivity contribution in [1.29, 1.82) is 0 Å². The van der Waals surface area contributed by atoms with Gasteiger partial charge in [-0.25, -0.2) is 4.79 Å². The van der Waals surface area contributed by atoms with Crippen molar-refractivity contribution in [2.24, 2.45) is 0 Å². The molecule has 3 rings (SSSR count). The van der Waals surface area contributed by atoms with Gasteiger partial charge >= 0.3 is 6.03 Å². The second-order valence-electron chi connectivity index (χ2n) is 6.54. The van der Waals surface area contributed by atoms with Crippen molar-refractivity contribution >= 4 is 17.4 Å². The minimum atomic E-state index is -0.0912. The third kappa shape index (κ3) is 4.64. The van der Waals surface area contributed by atoms with E-state index >= 15 is 0 Å². The number of hydrogen-bond acceptors (Lipinski definition) is 4. The number of nitrogens with one attached hydrogen (secondary N) is 1. The maximum atomic E-state index is 12.6. The van der Waals surface area contributed by atoms with E-state index in [1.54, 1.807) is 19.2 Å². The maximum Gasteiger partial charge on any atom is 0.321 e. The second kappa shape index (κ2) is 8.66. The average Bonchev–Trinajstić information content (AvgIpc) is 2.68. The molecular weight excluding hydrogens is 342 g/mol. The normalized spacial score (nSPS) is 14.0. The van der Waals surface area contributed by atoms with Crippen LogP contribution >= 0.6 is 0 Å². The first-order valence-electron chi connectivity index (χ1n) is 9.29. The Kier molecular flexibility index (Phi) is 6.06. The summed E-state index contributed by atoms with van der Waals surface area (Å²) in [5.74, 6) is 1.28. The number of amides is 2. The Morgan fingerprint density at radius 3 is 2.52 bits per heavy atom. The highest BCUT2D eigenvalue weighted by atomic mass is 16.5. The molecule has 1 fully saturated rings. The van der Waals surface area contributed by atoms with Gasteiger partial charge in [0.25, 0.3) is 0 Å². The Morgan fingerprint density at radius 2 is 1.85 bits per heavy atom. The highest BCUT2D eigenvalue weighted by molar-refractivity contribution is 5.90. The van der Waals surface area contributed by atoms with E-state index in [9.17, 15) is 4.79 Å². The summed E-state index contributed by atoms with van der Waals surface area (Å²) in [7, 11) is 1.60. The predicted molar refractivity (Wildman–Crippen MR) is 108 cm³/mol. The van der Waals surface area contributed by atoms with Crippen molar-refractivity contribution in [3.63, 3.8) is 0 Å². The minimum absolute atomic E-state index is 0.0912. The summed E-state index contributed by atoms with van der Waals surface area (Å²) in [5.41, 5.74) is 3.16. The van der Waals surface area contributed by atoms with E-state index < -0.39 is 0 Å². The van der Waals surface area contributed by atoms with E-state index in [1.165, 1.54) is 11.3 Å². The van der Waals surface area contributed by atoms with Crippen molar-refractivity contribution in [3.05, 3.63) is 48.0 Å². The van der Waals surface area contributed by atoms with Crippen LogP contribution in [-0.2, 0) is 0 Å². The smallest absolute Gasteiger partial charge is 0.321 e. The number of nitrogens with zero attached hydrogens (tertiary/aromatic N) is 2. The Labute approximate surface area is 160 Å². The average molecular weight is 369 g/mol. The molecule has 27 heavy (non-hydrogen) atoms. The number of rotatable bonds is 5. The monoisotopic (exact) mass is 369 g/mol. The van der Waals surface area contributed by atoms with Crippen LogP contribution in [0, 0.1) is 6.92 Å². The molecule has 0 aliphatic carbocycles. The van der Waals surface area contributed by atoms with Gasteiger partial charge in [-0.1, -0.05) is 12.1 Å². The summed E-state index contributed by atoms with van der Waals surface area (Å²) in [4.78, 5) is 16.8. The SMILES string of the molecule is CCOc1cc(NC(=O)N2CCN(c3cccc(C)c3)CC2)ccc1OC. The third-order valence-electron chi connectivity index (χ3n) is 4.65. The molecular formula is C21H27N3O3. The number of anilines is 2. The lowest BCUT2D eigenvalue weighted by atomic mass is 10.2. The molecule has 6 nitrogen and oxygen atoms in total. The van der Waals surface area contributed by atoms with Crippen LogP contribution in [0.15, 0.2) is 42.5 Å².